The molecule has 1 aromatic rings. The second kappa shape index (κ2) is 8.70. The number of nitrogens with zero attached hydrogens (tertiary/aromatic N) is 3. The van der Waals surface area contributed by atoms with Gasteiger partial charge in [-0.3, -0.25) is 9.69 Å². The monoisotopic (exact) mass is 423 g/mol. The van der Waals surface area contributed by atoms with E-state index in [0.29, 0.717) is 44.7 Å². The number of carbonyl (C=O) groups is 1. The molecule has 160 valence electrons. The van der Waals surface area contributed by atoms with Crippen molar-refractivity contribution in [2.24, 2.45) is 5.92 Å². The van der Waals surface area contributed by atoms with Gasteiger partial charge in [0.25, 0.3) is 0 Å². The van der Waals surface area contributed by atoms with E-state index in [1.807, 2.05) is 0 Å². The number of piperidine rings is 1. The molecule has 0 bridgehead atoms. The molecule has 0 spiro atoms. The Kier molecular flexibility index (Phi) is 6.22. The highest BCUT2D eigenvalue weighted by Gasteiger charge is 2.36. The van der Waals surface area contributed by atoms with Crippen LogP contribution in [0.15, 0.2) is 29.2 Å². The third kappa shape index (κ3) is 4.49. The standard InChI is InChI=1S/C21H30FN3O3S/c22-18-7-9-19(10-8-18)29(27,28)24-14-12-23(13-15-24)16-21(26)25-11-3-5-17-4-1-2-6-20(17)25/h7-10,17,20H,1-6,11-16H2/t17-,20+/m0/s1. The van der Waals surface area contributed by atoms with Crippen LogP contribution in [0, 0.1) is 11.7 Å². The molecule has 2 atom stereocenters. The van der Waals surface area contributed by atoms with Gasteiger partial charge in [-0.05, 0) is 55.9 Å². The second-order valence-corrected chi connectivity index (χ2v) is 10.4. The van der Waals surface area contributed by atoms with Crippen molar-refractivity contribution in [2.45, 2.75) is 49.5 Å². The van der Waals surface area contributed by atoms with E-state index in [-0.39, 0.29) is 10.8 Å². The van der Waals surface area contributed by atoms with Crippen LogP contribution in [0.1, 0.15) is 38.5 Å². The molecule has 0 unspecified atom stereocenters. The molecule has 1 amide bonds. The lowest BCUT2D eigenvalue weighted by Crippen LogP contribution is -2.55. The summed E-state index contributed by atoms with van der Waals surface area (Å²) in [5, 5.41) is 0. The van der Waals surface area contributed by atoms with E-state index in [0.717, 1.165) is 19.4 Å². The topological polar surface area (TPSA) is 60.9 Å². The van der Waals surface area contributed by atoms with Gasteiger partial charge in [-0.15, -0.1) is 0 Å². The number of likely N-dealkylation sites (tertiary alicyclic amines) is 1. The van der Waals surface area contributed by atoms with Crippen molar-refractivity contribution in [3.63, 3.8) is 0 Å². The average molecular weight is 424 g/mol. The Bertz CT molecular complexity index is 820. The van der Waals surface area contributed by atoms with Crippen LogP contribution in [-0.2, 0) is 14.8 Å². The first-order valence-corrected chi connectivity index (χ1v) is 12.2. The third-order valence-electron chi connectivity index (χ3n) is 6.71. The molecule has 2 saturated heterocycles. The van der Waals surface area contributed by atoms with E-state index in [9.17, 15) is 17.6 Å². The number of halogens is 1. The highest BCUT2D eigenvalue weighted by molar-refractivity contribution is 7.89. The summed E-state index contributed by atoms with van der Waals surface area (Å²) in [7, 11) is -3.62. The molecule has 0 radical (unpaired) electrons. The molecule has 3 aliphatic rings. The van der Waals surface area contributed by atoms with Gasteiger partial charge in [-0.2, -0.15) is 4.31 Å². The van der Waals surface area contributed by atoms with Crippen molar-refractivity contribution in [1.29, 1.82) is 0 Å². The van der Waals surface area contributed by atoms with Crippen molar-refractivity contribution in [3.05, 3.63) is 30.1 Å². The zero-order valence-electron chi connectivity index (χ0n) is 16.8. The third-order valence-corrected chi connectivity index (χ3v) is 8.62. The van der Waals surface area contributed by atoms with Gasteiger partial charge < -0.3 is 4.90 Å². The van der Waals surface area contributed by atoms with E-state index >= 15 is 0 Å². The lowest BCUT2D eigenvalue weighted by Gasteiger charge is -2.45. The zero-order chi connectivity index (χ0) is 20.4. The number of hydrogen-bond donors (Lipinski definition) is 0. The van der Waals surface area contributed by atoms with Crippen molar-refractivity contribution in [1.82, 2.24) is 14.1 Å². The minimum atomic E-state index is -3.62. The molecule has 2 aliphatic heterocycles. The summed E-state index contributed by atoms with van der Waals surface area (Å²) < 4.78 is 40.0. The Labute approximate surface area is 172 Å². The normalized spacial score (nSPS) is 26.9. The number of carbonyl (C=O) groups excluding carboxylic acids is 1. The minimum absolute atomic E-state index is 0.111. The minimum Gasteiger partial charge on any atom is -0.338 e. The fraction of sp³-hybridized carbons (Fsp3) is 0.667. The van der Waals surface area contributed by atoms with E-state index in [1.165, 1.54) is 54.3 Å². The van der Waals surface area contributed by atoms with Crippen LogP contribution < -0.4 is 0 Å². The molecular formula is C21H30FN3O3S. The van der Waals surface area contributed by atoms with Crippen LogP contribution in [-0.4, -0.2) is 73.7 Å². The van der Waals surface area contributed by atoms with Gasteiger partial charge in [0.15, 0.2) is 0 Å². The van der Waals surface area contributed by atoms with Crippen LogP contribution >= 0.6 is 0 Å². The lowest BCUT2D eigenvalue weighted by atomic mass is 9.78. The maximum absolute atomic E-state index is 13.1. The molecule has 3 fully saturated rings. The summed E-state index contributed by atoms with van der Waals surface area (Å²) in [4.78, 5) is 17.2. The van der Waals surface area contributed by atoms with Gasteiger partial charge in [0, 0.05) is 38.8 Å². The van der Waals surface area contributed by atoms with Crippen LogP contribution in [0.2, 0.25) is 0 Å². The molecule has 1 aromatic carbocycles. The largest absolute Gasteiger partial charge is 0.338 e. The van der Waals surface area contributed by atoms with Gasteiger partial charge in [0.1, 0.15) is 5.82 Å². The molecule has 8 heteroatoms. The Morgan fingerprint density at radius 3 is 2.31 bits per heavy atom. The lowest BCUT2D eigenvalue weighted by molar-refractivity contribution is -0.139. The smallest absolute Gasteiger partial charge is 0.243 e. The predicted molar refractivity (Wildman–Crippen MR) is 108 cm³/mol. The molecule has 1 aliphatic carbocycles. The molecule has 2 heterocycles. The maximum Gasteiger partial charge on any atom is 0.243 e. The Hall–Kier alpha value is -1.51. The number of hydrogen-bond acceptors (Lipinski definition) is 4. The fourth-order valence-corrected chi connectivity index (χ4v) is 6.52. The van der Waals surface area contributed by atoms with E-state index in [4.69, 9.17) is 0 Å². The Balaban J connectivity index is 1.32. The molecule has 1 saturated carbocycles. The highest BCUT2D eigenvalue weighted by atomic mass is 32.2. The summed E-state index contributed by atoms with van der Waals surface area (Å²) in [5.41, 5.74) is 0. The van der Waals surface area contributed by atoms with Crippen molar-refractivity contribution in [2.75, 3.05) is 39.3 Å². The zero-order valence-corrected chi connectivity index (χ0v) is 17.6. The number of fused-ring (bicyclic) bond motifs is 1. The molecule has 29 heavy (non-hydrogen) atoms. The number of rotatable bonds is 4. The number of piperazine rings is 1. The molecule has 0 aromatic heterocycles. The summed E-state index contributed by atoms with van der Waals surface area (Å²) in [6.45, 7) is 2.99. The van der Waals surface area contributed by atoms with Crippen molar-refractivity contribution >= 4 is 15.9 Å². The summed E-state index contributed by atoms with van der Waals surface area (Å²) >= 11 is 0. The second-order valence-electron chi connectivity index (χ2n) is 8.48. The van der Waals surface area contributed by atoms with Crippen LogP contribution in [0.5, 0.6) is 0 Å². The van der Waals surface area contributed by atoms with Gasteiger partial charge in [0.2, 0.25) is 15.9 Å². The van der Waals surface area contributed by atoms with Gasteiger partial charge in [-0.25, -0.2) is 12.8 Å². The van der Waals surface area contributed by atoms with Crippen molar-refractivity contribution in [3.8, 4) is 0 Å². The van der Waals surface area contributed by atoms with Crippen LogP contribution in [0.3, 0.4) is 0 Å². The average Bonchev–Trinajstić information content (AvgIpc) is 2.74. The summed E-state index contributed by atoms with van der Waals surface area (Å²) in [6.07, 6.45) is 7.21. The van der Waals surface area contributed by atoms with E-state index in [2.05, 4.69) is 9.80 Å². The summed E-state index contributed by atoms with van der Waals surface area (Å²) in [6, 6.07) is 5.34. The highest BCUT2D eigenvalue weighted by Crippen LogP contribution is 2.35. The van der Waals surface area contributed by atoms with Gasteiger partial charge in [0.05, 0.1) is 11.4 Å². The summed E-state index contributed by atoms with van der Waals surface area (Å²) in [5.74, 6) is 0.404. The van der Waals surface area contributed by atoms with Crippen molar-refractivity contribution < 1.29 is 17.6 Å². The van der Waals surface area contributed by atoms with Gasteiger partial charge >= 0.3 is 0 Å². The Morgan fingerprint density at radius 2 is 1.59 bits per heavy atom. The number of sulfonamides is 1. The van der Waals surface area contributed by atoms with Gasteiger partial charge in [-0.1, -0.05) is 12.8 Å². The fourth-order valence-electron chi connectivity index (χ4n) is 5.10. The molecule has 0 N–H and O–H groups in total. The molecular weight excluding hydrogens is 393 g/mol. The molecule has 6 nitrogen and oxygen atoms in total. The van der Waals surface area contributed by atoms with E-state index in [1.54, 1.807) is 0 Å². The number of amides is 1. The Morgan fingerprint density at radius 1 is 0.931 bits per heavy atom. The SMILES string of the molecule is O=C(CN1CCN(S(=O)(=O)c2ccc(F)cc2)CC1)N1CCC[C@@H]2CCCC[C@H]21. The molecule has 4 rings (SSSR count). The quantitative estimate of drug-likeness (QED) is 0.746. The van der Waals surface area contributed by atoms with Crippen LogP contribution in [0.4, 0.5) is 4.39 Å². The maximum atomic E-state index is 13.1. The van der Waals surface area contributed by atoms with Crippen LogP contribution in [0.25, 0.3) is 0 Å². The first kappa shape index (κ1) is 20.8. The predicted octanol–water partition coefficient (Wildman–Crippen LogP) is 2.31. The number of benzene rings is 1. The van der Waals surface area contributed by atoms with E-state index < -0.39 is 15.8 Å². The first-order chi connectivity index (χ1) is 13.9. The first-order valence-electron chi connectivity index (χ1n) is 10.7.